The molecule has 1 fully saturated rings. The minimum atomic E-state index is -0.298. The molecule has 1 aromatic carbocycles. The first kappa shape index (κ1) is 20.5. The van der Waals surface area contributed by atoms with Crippen molar-refractivity contribution in [2.24, 2.45) is 0 Å². The van der Waals surface area contributed by atoms with E-state index in [2.05, 4.69) is 24.1 Å². The van der Waals surface area contributed by atoms with Crippen LogP contribution in [0.4, 0.5) is 9.18 Å². The minimum Gasteiger partial charge on any atom is -0.492 e. The summed E-state index contributed by atoms with van der Waals surface area (Å²) in [5.74, 6) is 0.291. The summed E-state index contributed by atoms with van der Waals surface area (Å²) in [4.78, 5) is 16.3. The molecule has 0 unspecified atom stereocenters. The second kappa shape index (κ2) is 9.73. The van der Waals surface area contributed by atoms with E-state index >= 15 is 0 Å². The van der Waals surface area contributed by atoms with Crippen LogP contribution >= 0.6 is 0 Å². The van der Waals surface area contributed by atoms with E-state index in [1.165, 1.54) is 12.1 Å². The van der Waals surface area contributed by atoms with Crippen molar-refractivity contribution in [1.82, 2.24) is 15.1 Å². The van der Waals surface area contributed by atoms with Gasteiger partial charge in [-0.1, -0.05) is 6.92 Å². The highest BCUT2D eigenvalue weighted by Crippen LogP contribution is 2.20. The van der Waals surface area contributed by atoms with Gasteiger partial charge in [0.1, 0.15) is 18.2 Å². The predicted molar refractivity (Wildman–Crippen MR) is 99.0 cm³/mol. The van der Waals surface area contributed by atoms with E-state index in [0.29, 0.717) is 25.4 Å². The molecule has 0 aromatic heterocycles. The molecule has 2 amide bonds. The zero-order valence-electron chi connectivity index (χ0n) is 16.0. The maximum absolute atomic E-state index is 12.9. The summed E-state index contributed by atoms with van der Waals surface area (Å²) in [5, 5.41) is 3.03. The lowest BCUT2D eigenvalue weighted by atomic mass is 9.95. The molecule has 1 atom stereocenters. The first-order chi connectivity index (χ1) is 12.4. The Kier molecular flexibility index (Phi) is 7.66. The van der Waals surface area contributed by atoms with Gasteiger partial charge >= 0.3 is 6.03 Å². The van der Waals surface area contributed by atoms with Crippen LogP contribution in [0.3, 0.4) is 0 Å². The zero-order chi connectivity index (χ0) is 19.0. The molecule has 0 aliphatic carbocycles. The Morgan fingerprint density at radius 1 is 1.35 bits per heavy atom. The monoisotopic (exact) mass is 367 g/mol. The highest BCUT2D eigenvalue weighted by atomic mass is 19.1. The molecule has 1 saturated heterocycles. The number of halogens is 1. The Morgan fingerprint density at radius 2 is 2.00 bits per heavy atom. The number of carbonyl (C=O) groups is 1. The van der Waals surface area contributed by atoms with Crippen molar-refractivity contribution in [3.05, 3.63) is 30.1 Å². The smallest absolute Gasteiger partial charge is 0.317 e. The van der Waals surface area contributed by atoms with Gasteiger partial charge in [-0.25, -0.2) is 9.18 Å². The lowest BCUT2D eigenvalue weighted by Crippen LogP contribution is -2.57. The van der Waals surface area contributed by atoms with Gasteiger partial charge in [0.15, 0.2) is 0 Å². The van der Waals surface area contributed by atoms with Crippen LogP contribution in [-0.4, -0.2) is 74.4 Å². The molecule has 26 heavy (non-hydrogen) atoms. The SMILES string of the molecule is CC[C@@](C)(CNC(=O)N(C)CCOc1ccc(F)cc1)N1CCOCC1. The van der Waals surface area contributed by atoms with E-state index in [4.69, 9.17) is 9.47 Å². The van der Waals surface area contributed by atoms with Crippen molar-refractivity contribution in [3.63, 3.8) is 0 Å². The fraction of sp³-hybridized carbons (Fsp3) is 0.632. The van der Waals surface area contributed by atoms with Crippen molar-refractivity contribution in [3.8, 4) is 5.75 Å². The molecular formula is C19H30FN3O3. The van der Waals surface area contributed by atoms with E-state index in [0.717, 1.165) is 32.7 Å². The third-order valence-corrected chi connectivity index (χ3v) is 5.01. The van der Waals surface area contributed by atoms with Gasteiger partial charge in [0, 0.05) is 32.2 Å². The van der Waals surface area contributed by atoms with E-state index in [9.17, 15) is 9.18 Å². The number of nitrogens with zero attached hydrogens (tertiary/aromatic N) is 2. The number of urea groups is 1. The highest BCUT2D eigenvalue weighted by Gasteiger charge is 2.31. The van der Waals surface area contributed by atoms with Gasteiger partial charge in [-0.05, 0) is 37.6 Å². The maximum atomic E-state index is 12.9. The van der Waals surface area contributed by atoms with E-state index in [1.54, 1.807) is 24.1 Å². The van der Waals surface area contributed by atoms with E-state index in [1.807, 2.05) is 0 Å². The molecule has 1 heterocycles. The maximum Gasteiger partial charge on any atom is 0.317 e. The number of rotatable bonds is 8. The highest BCUT2D eigenvalue weighted by molar-refractivity contribution is 5.73. The molecule has 7 heteroatoms. The van der Waals surface area contributed by atoms with Crippen molar-refractivity contribution >= 4 is 6.03 Å². The molecular weight excluding hydrogens is 337 g/mol. The van der Waals surface area contributed by atoms with Gasteiger partial charge < -0.3 is 19.7 Å². The number of carbonyl (C=O) groups excluding carboxylic acids is 1. The topological polar surface area (TPSA) is 54.0 Å². The number of hydrogen-bond acceptors (Lipinski definition) is 4. The summed E-state index contributed by atoms with van der Waals surface area (Å²) in [5.41, 5.74) is -0.0785. The van der Waals surface area contributed by atoms with Gasteiger partial charge in [-0.3, -0.25) is 4.90 Å². The van der Waals surface area contributed by atoms with Crippen molar-refractivity contribution < 1.29 is 18.7 Å². The third-order valence-electron chi connectivity index (χ3n) is 5.01. The molecule has 0 radical (unpaired) electrons. The normalized spacial score (nSPS) is 17.4. The van der Waals surface area contributed by atoms with Crippen molar-refractivity contribution in [1.29, 1.82) is 0 Å². The van der Waals surface area contributed by atoms with Crippen LogP contribution in [0.2, 0.25) is 0 Å². The van der Waals surface area contributed by atoms with Crippen LogP contribution in [0, 0.1) is 5.82 Å². The van der Waals surface area contributed by atoms with Gasteiger partial charge in [-0.2, -0.15) is 0 Å². The van der Waals surface area contributed by atoms with Crippen molar-refractivity contribution in [2.75, 3.05) is 53.0 Å². The second-order valence-corrected chi connectivity index (χ2v) is 6.83. The number of nitrogens with one attached hydrogen (secondary N) is 1. The van der Waals surface area contributed by atoms with Gasteiger partial charge in [-0.15, -0.1) is 0 Å². The lowest BCUT2D eigenvalue weighted by molar-refractivity contribution is -0.0167. The van der Waals surface area contributed by atoms with Crippen molar-refractivity contribution in [2.45, 2.75) is 25.8 Å². The number of amides is 2. The number of hydrogen-bond donors (Lipinski definition) is 1. The summed E-state index contributed by atoms with van der Waals surface area (Å²) in [6, 6.07) is 5.72. The fourth-order valence-electron chi connectivity index (χ4n) is 2.90. The van der Waals surface area contributed by atoms with Crippen LogP contribution in [0.15, 0.2) is 24.3 Å². The molecule has 1 aliphatic rings. The fourth-order valence-corrected chi connectivity index (χ4v) is 2.90. The van der Waals surface area contributed by atoms with Gasteiger partial charge in [0.25, 0.3) is 0 Å². The van der Waals surface area contributed by atoms with Crippen LogP contribution in [0.5, 0.6) is 5.75 Å². The average Bonchev–Trinajstić information content (AvgIpc) is 2.68. The summed E-state index contributed by atoms with van der Waals surface area (Å²) in [6.45, 7) is 8.97. The lowest BCUT2D eigenvalue weighted by Gasteiger charge is -2.43. The summed E-state index contributed by atoms with van der Waals surface area (Å²) in [6.07, 6.45) is 0.949. The summed E-state index contributed by atoms with van der Waals surface area (Å²) in [7, 11) is 1.74. The van der Waals surface area contributed by atoms with Crippen LogP contribution in [-0.2, 0) is 4.74 Å². The molecule has 1 N–H and O–H groups in total. The number of morpholine rings is 1. The molecule has 2 rings (SSSR count). The molecule has 146 valence electrons. The third kappa shape index (κ3) is 5.85. The average molecular weight is 367 g/mol. The van der Waals surface area contributed by atoms with E-state index in [-0.39, 0.29) is 17.4 Å². The Hall–Kier alpha value is -1.86. The minimum absolute atomic E-state index is 0.0785. The standard InChI is InChI=1S/C19H30FN3O3/c1-4-19(2,23-10-12-25-13-11-23)15-21-18(24)22(3)9-14-26-17-7-5-16(20)6-8-17/h5-8H,4,9-15H2,1-3H3,(H,21,24)/t19-/m0/s1. The number of ether oxygens (including phenoxy) is 2. The molecule has 1 aliphatic heterocycles. The first-order valence-electron chi connectivity index (χ1n) is 9.15. The quantitative estimate of drug-likeness (QED) is 0.766. The molecule has 0 bridgehead atoms. The summed E-state index contributed by atoms with van der Waals surface area (Å²) >= 11 is 0. The van der Waals surface area contributed by atoms with Crippen LogP contribution in [0.1, 0.15) is 20.3 Å². The molecule has 1 aromatic rings. The molecule has 0 saturated carbocycles. The Morgan fingerprint density at radius 3 is 2.62 bits per heavy atom. The number of likely N-dealkylation sites (N-methyl/N-ethyl adjacent to an activating group) is 1. The Bertz CT molecular complexity index is 564. The Balaban J connectivity index is 1.74. The number of benzene rings is 1. The predicted octanol–water partition coefficient (Wildman–Crippen LogP) is 2.35. The molecule has 6 nitrogen and oxygen atoms in total. The van der Waals surface area contributed by atoms with Crippen LogP contribution < -0.4 is 10.1 Å². The Labute approximate surface area is 155 Å². The van der Waals surface area contributed by atoms with Gasteiger partial charge in [0.2, 0.25) is 0 Å². The summed E-state index contributed by atoms with van der Waals surface area (Å²) < 4.78 is 23.8. The second-order valence-electron chi connectivity index (χ2n) is 6.83. The van der Waals surface area contributed by atoms with E-state index < -0.39 is 0 Å². The van der Waals surface area contributed by atoms with Gasteiger partial charge in [0.05, 0.1) is 19.8 Å². The molecule has 0 spiro atoms. The largest absolute Gasteiger partial charge is 0.492 e. The van der Waals surface area contributed by atoms with Crippen LogP contribution in [0.25, 0.3) is 0 Å². The first-order valence-corrected chi connectivity index (χ1v) is 9.15. The zero-order valence-corrected chi connectivity index (χ0v) is 16.0.